The van der Waals surface area contributed by atoms with Gasteiger partial charge in [0.1, 0.15) is 6.26 Å². The fourth-order valence-electron chi connectivity index (χ4n) is 4.99. The van der Waals surface area contributed by atoms with Gasteiger partial charge in [-0.1, -0.05) is 48.5 Å². The van der Waals surface area contributed by atoms with E-state index in [1.807, 2.05) is 36.4 Å². The van der Waals surface area contributed by atoms with Crippen molar-refractivity contribution in [2.45, 2.75) is 19.5 Å². The third kappa shape index (κ3) is 3.47. The fraction of sp³-hybridized carbons (Fsp3) is 0.333. The van der Waals surface area contributed by atoms with Gasteiger partial charge in [0.25, 0.3) is 0 Å². The average Bonchev–Trinajstić information content (AvgIpc) is 3.44. The number of carbonyl (C=O) groups excluding carboxylic acids is 1. The van der Waals surface area contributed by atoms with Crippen LogP contribution in [0.3, 0.4) is 0 Å². The Morgan fingerprint density at radius 2 is 1.76 bits per heavy atom. The molecule has 0 spiro atoms. The number of likely N-dealkylation sites (tertiary alicyclic amines) is 2. The molecule has 0 saturated carbocycles. The maximum Gasteiger partial charge on any atom is 0.226 e. The molecule has 148 valence electrons. The van der Waals surface area contributed by atoms with Gasteiger partial charge in [-0.05, 0) is 23.6 Å². The van der Waals surface area contributed by atoms with E-state index < -0.39 is 0 Å². The number of carbonyl (C=O) groups is 1. The lowest BCUT2D eigenvalue weighted by atomic mass is 9.89. The van der Waals surface area contributed by atoms with Crippen LogP contribution in [0, 0.1) is 11.8 Å². The van der Waals surface area contributed by atoms with Crippen molar-refractivity contribution in [2.75, 3.05) is 19.6 Å². The zero-order chi connectivity index (χ0) is 19.8. The molecule has 5 nitrogen and oxygen atoms in total. The molecule has 5 rings (SSSR count). The molecule has 0 unspecified atom stereocenters. The molecule has 0 bridgehead atoms. The molecular weight excluding hydrogens is 362 g/mol. The number of nitrogens with zero attached hydrogens (tertiary/aromatic N) is 3. The Balaban J connectivity index is 1.31. The van der Waals surface area contributed by atoms with E-state index in [4.69, 9.17) is 4.42 Å². The van der Waals surface area contributed by atoms with E-state index in [1.165, 1.54) is 5.56 Å². The maximum atomic E-state index is 12.3. The zero-order valence-electron chi connectivity index (χ0n) is 16.6. The molecule has 2 saturated heterocycles. The Bertz CT molecular complexity index is 986. The van der Waals surface area contributed by atoms with E-state index in [1.54, 1.807) is 13.2 Å². The number of rotatable bonds is 4. The number of hydrogen-bond acceptors (Lipinski definition) is 4. The van der Waals surface area contributed by atoms with E-state index in [-0.39, 0.29) is 11.9 Å². The number of aromatic nitrogens is 1. The van der Waals surface area contributed by atoms with Crippen LogP contribution in [0.5, 0.6) is 0 Å². The van der Waals surface area contributed by atoms with Gasteiger partial charge < -0.3 is 9.32 Å². The zero-order valence-corrected chi connectivity index (χ0v) is 16.6. The number of amides is 1. The van der Waals surface area contributed by atoms with Crippen molar-refractivity contribution in [3.05, 3.63) is 78.2 Å². The Morgan fingerprint density at radius 1 is 1.03 bits per heavy atom. The first-order valence-electron chi connectivity index (χ1n) is 10.2. The lowest BCUT2D eigenvalue weighted by molar-refractivity contribution is -0.130. The summed E-state index contributed by atoms with van der Waals surface area (Å²) in [5, 5.41) is 0. The van der Waals surface area contributed by atoms with Crippen LogP contribution in [0.2, 0.25) is 0 Å². The van der Waals surface area contributed by atoms with Crippen molar-refractivity contribution in [3.63, 3.8) is 0 Å². The maximum absolute atomic E-state index is 12.3. The molecule has 2 fully saturated rings. The molecule has 5 heteroatoms. The van der Waals surface area contributed by atoms with E-state index in [0.717, 1.165) is 37.4 Å². The fourth-order valence-corrected chi connectivity index (χ4v) is 4.99. The van der Waals surface area contributed by atoms with E-state index in [0.29, 0.717) is 17.7 Å². The molecule has 2 aromatic carbocycles. The first kappa shape index (κ1) is 18.1. The van der Waals surface area contributed by atoms with Crippen molar-refractivity contribution < 1.29 is 9.21 Å². The van der Waals surface area contributed by atoms with Gasteiger partial charge in [-0.15, -0.1) is 0 Å². The molecule has 3 heterocycles. The summed E-state index contributed by atoms with van der Waals surface area (Å²) in [5.41, 5.74) is 3.20. The van der Waals surface area contributed by atoms with Gasteiger partial charge in [0.05, 0.1) is 11.7 Å². The van der Waals surface area contributed by atoms with Crippen molar-refractivity contribution >= 4 is 5.91 Å². The molecule has 0 N–H and O–H groups in total. The molecule has 3 atom stereocenters. The topological polar surface area (TPSA) is 49.6 Å². The largest absolute Gasteiger partial charge is 0.444 e. The van der Waals surface area contributed by atoms with Gasteiger partial charge >= 0.3 is 0 Å². The van der Waals surface area contributed by atoms with Gasteiger partial charge in [-0.25, -0.2) is 4.98 Å². The van der Waals surface area contributed by atoms with Crippen LogP contribution in [-0.2, 0) is 11.3 Å². The molecule has 1 amide bonds. The minimum atomic E-state index is 0.167. The summed E-state index contributed by atoms with van der Waals surface area (Å²) < 4.78 is 5.70. The monoisotopic (exact) mass is 387 g/mol. The van der Waals surface area contributed by atoms with Crippen LogP contribution in [0.4, 0.5) is 0 Å². The molecule has 3 aromatic rings. The summed E-state index contributed by atoms with van der Waals surface area (Å²) in [7, 11) is 0. The summed E-state index contributed by atoms with van der Waals surface area (Å²) in [6.45, 7) is 5.27. The smallest absolute Gasteiger partial charge is 0.226 e. The normalized spacial score (nSPS) is 24.0. The third-order valence-electron chi connectivity index (χ3n) is 6.24. The standard InChI is InChI=1S/C24H25N3O2/c1-17(28)27-13-20-12-26(15-22(20)23(27)18-8-4-2-5-9-18)14-21-16-29-24(25-21)19-10-6-3-7-11-19/h2-11,16,20,22-23H,12-15H2,1H3/t20-,22-,23+/m1/s1. The Hall–Kier alpha value is -2.92. The van der Waals surface area contributed by atoms with Crippen LogP contribution in [0.15, 0.2) is 71.3 Å². The highest BCUT2D eigenvalue weighted by Gasteiger charge is 2.48. The van der Waals surface area contributed by atoms with Crippen molar-refractivity contribution in [3.8, 4) is 11.5 Å². The lowest BCUT2D eigenvalue weighted by Gasteiger charge is -2.29. The van der Waals surface area contributed by atoms with Gasteiger partial charge in [0.2, 0.25) is 11.8 Å². The molecule has 0 radical (unpaired) electrons. The number of benzene rings is 2. The Kier molecular flexibility index (Phi) is 4.68. The molecule has 2 aliphatic rings. The predicted octanol–water partition coefficient (Wildman–Crippen LogP) is 3.99. The third-order valence-corrected chi connectivity index (χ3v) is 6.24. The lowest BCUT2D eigenvalue weighted by Crippen LogP contribution is -2.34. The van der Waals surface area contributed by atoms with Gasteiger partial charge in [0.15, 0.2) is 0 Å². The summed E-state index contributed by atoms with van der Waals surface area (Å²) in [4.78, 5) is 21.5. The number of oxazole rings is 1. The SMILES string of the molecule is CC(=O)N1C[C@H]2CN(Cc3coc(-c4ccccc4)n3)C[C@H]2[C@@H]1c1ccccc1. The van der Waals surface area contributed by atoms with E-state index in [9.17, 15) is 4.79 Å². The van der Waals surface area contributed by atoms with Gasteiger partial charge in [0, 0.05) is 44.6 Å². The number of hydrogen-bond donors (Lipinski definition) is 0. The Labute approximate surface area is 171 Å². The quantitative estimate of drug-likeness (QED) is 0.679. The van der Waals surface area contributed by atoms with Crippen LogP contribution in [-0.4, -0.2) is 40.3 Å². The van der Waals surface area contributed by atoms with E-state index >= 15 is 0 Å². The summed E-state index contributed by atoms with van der Waals surface area (Å²) in [6, 6.07) is 20.6. The summed E-state index contributed by atoms with van der Waals surface area (Å²) >= 11 is 0. The molecule has 1 aromatic heterocycles. The minimum absolute atomic E-state index is 0.167. The first-order valence-corrected chi connectivity index (χ1v) is 10.2. The highest BCUT2D eigenvalue weighted by Crippen LogP contribution is 2.45. The summed E-state index contributed by atoms with van der Waals surface area (Å²) in [6.07, 6.45) is 1.77. The van der Waals surface area contributed by atoms with Crippen molar-refractivity contribution in [1.29, 1.82) is 0 Å². The minimum Gasteiger partial charge on any atom is -0.444 e. The van der Waals surface area contributed by atoms with Crippen LogP contribution < -0.4 is 0 Å². The second-order valence-electron chi connectivity index (χ2n) is 8.15. The predicted molar refractivity (Wildman–Crippen MR) is 111 cm³/mol. The molecular formula is C24H25N3O2. The van der Waals surface area contributed by atoms with Crippen molar-refractivity contribution in [2.24, 2.45) is 11.8 Å². The van der Waals surface area contributed by atoms with Crippen LogP contribution in [0.1, 0.15) is 24.2 Å². The van der Waals surface area contributed by atoms with Crippen LogP contribution in [0.25, 0.3) is 11.5 Å². The summed E-state index contributed by atoms with van der Waals surface area (Å²) in [5.74, 6) is 1.81. The van der Waals surface area contributed by atoms with Gasteiger partial charge in [-0.2, -0.15) is 0 Å². The highest BCUT2D eigenvalue weighted by molar-refractivity contribution is 5.74. The second-order valence-corrected chi connectivity index (χ2v) is 8.15. The second kappa shape index (κ2) is 7.48. The first-order chi connectivity index (χ1) is 14.2. The van der Waals surface area contributed by atoms with Crippen LogP contribution >= 0.6 is 0 Å². The Morgan fingerprint density at radius 3 is 2.48 bits per heavy atom. The van der Waals surface area contributed by atoms with Crippen molar-refractivity contribution in [1.82, 2.24) is 14.8 Å². The van der Waals surface area contributed by atoms with Gasteiger partial charge in [-0.3, -0.25) is 9.69 Å². The average molecular weight is 387 g/mol. The van der Waals surface area contributed by atoms with E-state index in [2.05, 4.69) is 39.0 Å². The molecule has 29 heavy (non-hydrogen) atoms. The number of fused-ring (bicyclic) bond motifs is 1. The molecule has 2 aliphatic heterocycles. The molecule has 0 aliphatic carbocycles. The highest BCUT2D eigenvalue weighted by atomic mass is 16.3.